The lowest BCUT2D eigenvalue weighted by molar-refractivity contribution is -0.133. The van der Waals surface area contributed by atoms with E-state index < -0.39 is 0 Å². The quantitative estimate of drug-likeness (QED) is 0.751. The molecule has 2 unspecified atom stereocenters. The van der Waals surface area contributed by atoms with Gasteiger partial charge in [0.15, 0.2) is 0 Å². The molecule has 1 aliphatic rings. The molecular formula is C12H24N2O. The van der Waals surface area contributed by atoms with E-state index in [2.05, 4.69) is 26.1 Å². The van der Waals surface area contributed by atoms with Crippen molar-refractivity contribution in [2.75, 3.05) is 19.6 Å². The van der Waals surface area contributed by atoms with E-state index in [0.29, 0.717) is 11.8 Å². The number of amides is 1. The third kappa shape index (κ3) is 3.20. The molecule has 0 spiro atoms. The molecule has 0 bridgehead atoms. The van der Waals surface area contributed by atoms with Crippen molar-refractivity contribution in [3.63, 3.8) is 0 Å². The first-order valence-electron chi connectivity index (χ1n) is 6.22. The first-order chi connectivity index (χ1) is 7.20. The lowest BCUT2D eigenvalue weighted by Gasteiger charge is -2.26. The molecule has 1 heterocycles. The summed E-state index contributed by atoms with van der Waals surface area (Å²) in [5.41, 5.74) is 0. The molecule has 0 saturated carbocycles. The van der Waals surface area contributed by atoms with Gasteiger partial charge >= 0.3 is 0 Å². The van der Waals surface area contributed by atoms with Gasteiger partial charge in [-0.25, -0.2) is 0 Å². The van der Waals surface area contributed by atoms with Crippen LogP contribution < -0.4 is 5.32 Å². The highest BCUT2D eigenvalue weighted by Crippen LogP contribution is 2.16. The van der Waals surface area contributed by atoms with Gasteiger partial charge in [-0.2, -0.15) is 0 Å². The first-order valence-corrected chi connectivity index (χ1v) is 6.22. The van der Waals surface area contributed by atoms with Crippen molar-refractivity contribution in [3.05, 3.63) is 0 Å². The highest BCUT2D eigenvalue weighted by molar-refractivity contribution is 5.82. The largest absolute Gasteiger partial charge is 0.342 e. The van der Waals surface area contributed by atoms with Crippen molar-refractivity contribution in [3.8, 4) is 0 Å². The van der Waals surface area contributed by atoms with Crippen LogP contribution in [0.4, 0.5) is 0 Å². The van der Waals surface area contributed by atoms with Gasteiger partial charge in [0.1, 0.15) is 0 Å². The van der Waals surface area contributed by atoms with Crippen LogP contribution in [0.15, 0.2) is 0 Å². The van der Waals surface area contributed by atoms with Crippen molar-refractivity contribution >= 4 is 5.91 Å². The maximum absolute atomic E-state index is 12.2. The maximum Gasteiger partial charge on any atom is 0.239 e. The molecule has 0 aliphatic carbocycles. The molecule has 3 nitrogen and oxygen atoms in total. The Kier molecular flexibility index (Phi) is 5.09. The van der Waals surface area contributed by atoms with Crippen LogP contribution >= 0.6 is 0 Å². The summed E-state index contributed by atoms with van der Waals surface area (Å²) in [5, 5.41) is 3.31. The first kappa shape index (κ1) is 12.5. The molecule has 1 fully saturated rings. The summed E-state index contributed by atoms with van der Waals surface area (Å²) >= 11 is 0. The monoisotopic (exact) mass is 212 g/mol. The third-order valence-electron chi connectivity index (χ3n) is 3.27. The summed E-state index contributed by atoms with van der Waals surface area (Å²) < 4.78 is 0. The zero-order valence-corrected chi connectivity index (χ0v) is 10.3. The van der Waals surface area contributed by atoms with Crippen molar-refractivity contribution in [2.45, 2.75) is 46.1 Å². The number of likely N-dealkylation sites (N-methyl/N-ethyl adjacent to an activating group) is 1. The summed E-state index contributed by atoms with van der Waals surface area (Å²) in [6, 6.07) is 0.0711. The minimum Gasteiger partial charge on any atom is -0.342 e. The molecule has 0 aromatic rings. The Morgan fingerprint density at radius 1 is 1.47 bits per heavy atom. The Balaban J connectivity index is 2.48. The Hall–Kier alpha value is -0.570. The molecular weight excluding hydrogens is 188 g/mol. The topological polar surface area (TPSA) is 32.3 Å². The second kappa shape index (κ2) is 6.11. The lowest BCUT2D eigenvalue weighted by Crippen LogP contribution is -2.46. The second-order valence-corrected chi connectivity index (χ2v) is 4.47. The molecule has 0 aromatic carbocycles. The van der Waals surface area contributed by atoms with E-state index in [4.69, 9.17) is 0 Å². The number of unbranched alkanes of at least 4 members (excludes halogenated alkanes) is 1. The Labute approximate surface area is 93.2 Å². The van der Waals surface area contributed by atoms with Crippen LogP contribution in [0.1, 0.15) is 40.0 Å². The fourth-order valence-corrected chi connectivity index (χ4v) is 2.13. The minimum absolute atomic E-state index is 0.0711. The standard InChI is InChI=1S/C12H24N2O/c1-4-6-9-14(5-2)12(15)11-10(3)7-8-13-11/h10-11,13H,4-9H2,1-3H3. The van der Waals surface area contributed by atoms with Gasteiger partial charge in [-0.3, -0.25) is 4.79 Å². The van der Waals surface area contributed by atoms with Gasteiger partial charge in [0, 0.05) is 13.1 Å². The van der Waals surface area contributed by atoms with Crippen LogP contribution in [0.2, 0.25) is 0 Å². The molecule has 15 heavy (non-hydrogen) atoms. The molecule has 1 saturated heterocycles. The molecule has 0 radical (unpaired) electrons. The zero-order chi connectivity index (χ0) is 11.3. The normalized spacial score (nSPS) is 25.5. The molecule has 1 rings (SSSR count). The van der Waals surface area contributed by atoms with Gasteiger partial charge in [-0.1, -0.05) is 20.3 Å². The Morgan fingerprint density at radius 2 is 2.20 bits per heavy atom. The van der Waals surface area contributed by atoms with E-state index in [0.717, 1.165) is 38.9 Å². The summed E-state index contributed by atoms with van der Waals surface area (Å²) in [4.78, 5) is 14.1. The molecule has 3 heteroatoms. The van der Waals surface area contributed by atoms with E-state index in [-0.39, 0.29) is 6.04 Å². The van der Waals surface area contributed by atoms with Crippen LogP contribution in [0, 0.1) is 5.92 Å². The van der Waals surface area contributed by atoms with Gasteiger partial charge in [-0.15, -0.1) is 0 Å². The predicted octanol–water partition coefficient (Wildman–Crippen LogP) is 1.63. The van der Waals surface area contributed by atoms with Crippen LogP contribution in [-0.2, 0) is 4.79 Å². The van der Waals surface area contributed by atoms with E-state index >= 15 is 0 Å². The van der Waals surface area contributed by atoms with Crippen molar-refractivity contribution in [2.24, 2.45) is 5.92 Å². The average molecular weight is 212 g/mol. The summed E-state index contributed by atoms with van der Waals surface area (Å²) in [7, 11) is 0. The molecule has 1 aliphatic heterocycles. The highest BCUT2D eigenvalue weighted by atomic mass is 16.2. The van der Waals surface area contributed by atoms with Crippen molar-refractivity contribution < 1.29 is 4.79 Å². The smallest absolute Gasteiger partial charge is 0.239 e. The summed E-state index contributed by atoms with van der Waals surface area (Å²) in [6.07, 6.45) is 3.39. The molecule has 0 aromatic heterocycles. The highest BCUT2D eigenvalue weighted by Gasteiger charge is 2.31. The van der Waals surface area contributed by atoms with Gasteiger partial charge in [0.2, 0.25) is 5.91 Å². The van der Waals surface area contributed by atoms with Crippen molar-refractivity contribution in [1.82, 2.24) is 10.2 Å². The number of hydrogen-bond acceptors (Lipinski definition) is 2. The molecule has 2 atom stereocenters. The molecule has 1 N–H and O–H groups in total. The molecule has 88 valence electrons. The summed E-state index contributed by atoms with van der Waals surface area (Å²) in [6.45, 7) is 9.13. The number of rotatable bonds is 5. The average Bonchev–Trinajstić information content (AvgIpc) is 2.65. The number of carbonyl (C=O) groups excluding carboxylic acids is 1. The van der Waals surface area contributed by atoms with Gasteiger partial charge in [-0.05, 0) is 32.2 Å². The Morgan fingerprint density at radius 3 is 2.67 bits per heavy atom. The number of nitrogens with zero attached hydrogens (tertiary/aromatic N) is 1. The SMILES string of the molecule is CCCCN(CC)C(=O)C1NCCC1C. The Bertz CT molecular complexity index is 206. The third-order valence-corrected chi connectivity index (χ3v) is 3.27. The van der Waals surface area contributed by atoms with Gasteiger partial charge < -0.3 is 10.2 Å². The zero-order valence-electron chi connectivity index (χ0n) is 10.3. The van der Waals surface area contributed by atoms with E-state index in [1.165, 1.54) is 0 Å². The fourth-order valence-electron chi connectivity index (χ4n) is 2.13. The van der Waals surface area contributed by atoms with Crippen LogP contribution in [-0.4, -0.2) is 36.5 Å². The minimum atomic E-state index is 0.0711. The molecule has 1 amide bonds. The number of carbonyl (C=O) groups is 1. The van der Waals surface area contributed by atoms with Gasteiger partial charge in [0.05, 0.1) is 6.04 Å². The van der Waals surface area contributed by atoms with Crippen LogP contribution in [0.3, 0.4) is 0 Å². The predicted molar refractivity (Wildman–Crippen MR) is 62.7 cm³/mol. The van der Waals surface area contributed by atoms with Crippen molar-refractivity contribution in [1.29, 1.82) is 0 Å². The fraction of sp³-hybridized carbons (Fsp3) is 0.917. The van der Waals surface area contributed by atoms with E-state index in [1.807, 2.05) is 4.90 Å². The van der Waals surface area contributed by atoms with E-state index in [9.17, 15) is 4.79 Å². The summed E-state index contributed by atoms with van der Waals surface area (Å²) in [5.74, 6) is 0.795. The lowest BCUT2D eigenvalue weighted by atomic mass is 10.0. The van der Waals surface area contributed by atoms with Gasteiger partial charge in [0.25, 0.3) is 0 Å². The van der Waals surface area contributed by atoms with Crippen LogP contribution in [0.5, 0.6) is 0 Å². The van der Waals surface area contributed by atoms with Crippen LogP contribution in [0.25, 0.3) is 0 Å². The maximum atomic E-state index is 12.2. The van der Waals surface area contributed by atoms with E-state index in [1.54, 1.807) is 0 Å². The second-order valence-electron chi connectivity index (χ2n) is 4.47. The number of hydrogen-bond donors (Lipinski definition) is 1. The number of nitrogens with one attached hydrogen (secondary N) is 1.